The number of aromatic nitrogens is 1. The lowest BCUT2D eigenvalue weighted by Gasteiger charge is -2.12. The number of nitrogens with zero attached hydrogens (tertiary/aromatic N) is 2. The fourth-order valence-electron chi connectivity index (χ4n) is 1.61. The van der Waals surface area contributed by atoms with Crippen molar-refractivity contribution in [3.8, 4) is 6.07 Å². The van der Waals surface area contributed by atoms with Gasteiger partial charge in [0.1, 0.15) is 0 Å². The molecule has 0 aliphatic heterocycles. The van der Waals surface area contributed by atoms with E-state index in [1.54, 1.807) is 18.5 Å². The summed E-state index contributed by atoms with van der Waals surface area (Å²) < 4.78 is 0. The molecule has 1 N–H and O–H groups in total. The van der Waals surface area contributed by atoms with Gasteiger partial charge >= 0.3 is 0 Å². The number of rotatable bonds is 6. The summed E-state index contributed by atoms with van der Waals surface area (Å²) in [6, 6.07) is 6.09. The van der Waals surface area contributed by atoms with Crippen LogP contribution in [0, 0.1) is 11.3 Å². The van der Waals surface area contributed by atoms with Crippen LogP contribution in [0.25, 0.3) is 0 Å². The molecule has 18 heavy (non-hydrogen) atoms. The van der Waals surface area contributed by atoms with Crippen molar-refractivity contribution in [1.82, 2.24) is 10.3 Å². The van der Waals surface area contributed by atoms with Crippen molar-refractivity contribution in [3.05, 3.63) is 30.1 Å². The Bertz CT molecular complexity index is 411. The number of nitrogens with one attached hydrogen (secondary N) is 1. The molecular formula is C14H19N3O. The highest BCUT2D eigenvalue weighted by atomic mass is 16.1. The summed E-state index contributed by atoms with van der Waals surface area (Å²) >= 11 is 0. The molecule has 1 rings (SSSR count). The zero-order valence-electron chi connectivity index (χ0n) is 10.9. The van der Waals surface area contributed by atoms with E-state index in [1.807, 2.05) is 19.9 Å². The van der Waals surface area contributed by atoms with E-state index in [9.17, 15) is 4.79 Å². The molecule has 1 aromatic rings. The Morgan fingerprint density at radius 1 is 1.61 bits per heavy atom. The van der Waals surface area contributed by atoms with Crippen LogP contribution < -0.4 is 5.32 Å². The van der Waals surface area contributed by atoms with E-state index >= 15 is 0 Å². The molecule has 0 saturated heterocycles. The molecule has 0 aliphatic rings. The van der Waals surface area contributed by atoms with Crippen molar-refractivity contribution >= 4 is 5.91 Å². The van der Waals surface area contributed by atoms with Gasteiger partial charge in [0, 0.05) is 24.9 Å². The molecule has 0 spiro atoms. The number of hydrogen-bond donors (Lipinski definition) is 1. The zero-order chi connectivity index (χ0) is 13.4. The molecule has 0 radical (unpaired) electrons. The molecule has 0 aromatic carbocycles. The van der Waals surface area contributed by atoms with Gasteiger partial charge in [-0.25, -0.2) is 0 Å². The van der Waals surface area contributed by atoms with Crippen molar-refractivity contribution in [2.75, 3.05) is 0 Å². The first-order valence-electron chi connectivity index (χ1n) is 6.26. The van der Waals surface area contributed by atoms with E-state index in [-0.39, 0.29) is 17.9 Å². The maximum absolute atomic E-state index is 11.6. The van der Waals surface area contributed by atoms with Crippen LogP contribution in [0.3, 0.4) is 0 Å². The smallest absolute Gasteiger partial charge is 0.220 e. The van der Waals surface area contributed by atoms with E-state index in [4.69, 9.17) is 5.26 Å². The third-order valence-electron chi connectivity index (χ3n) is 2.92. The summed E-state index contributed by atoms with van der Waals surface area (Å²) in [5.41, 5.74) is 0.872. The van der Waals surface area contributed by atoms with Gasteiger partial charge in [0.05, 0.1) is 12.0 Å². The van der Waals surface area contributed by atoms with Crippen LogP contribution in [0.2, 0.25) is 0 Å². The summed E-state index contributed by atoms with van der Waals surface area (Å²) in [6.07, 6.45) is 5.17. The maximum Gasteiger partial charge on any atom is 0.220 e. The lowest BCUT2D eigenvalue weighted by molar-refractivity contribution is -0.121. The molecule has 1 aromatic heterocycles. The summed E-state index contributed by atoms with van der Waals surface area (Å²) in [4.78, 5) is 15.6. The Hall–Kier alpha value is -1.89. The van der Waals surface area contributed by atoms with E-state index < -0.39 is 0 Å². The largest absolute Gasteiger partial charge is 0.354 e. The van der Waals surface area contributed by atoms with Crippen molar-refractivity contribution in [2.24, 2.45) is 0 Å². The van der Waals surface area contributed by atoms with Crippen LogP contribution in [0.15, 0.2) is 24.5 Å². The zero-order valence-corrected chi connectivity index (χ0v) is 10.9. The van der Waals surface area contributed by atoms with Gasteiger partial charge in [-0.15, -0.1) is 0 Å². The van der Waals surface area contributed by atoms with Crippen molar-refractivity contribution in [3.63, 3.8) is 0 Å². The number of nitriles is 1. The minimum absolute atomic E-state index is 0.00786. The molecule has 0 aliphatic carbocycles. The van der Waals surface area contributed by atoms with Crippen molar-refractivity contribution in [2.45, 2.75) is 45.1 Å². The van der Waals surface area contributed by atoms with E-state index in [2.05, 4.69) is 16.4 Å². The number of hydrogen-bond acceptors (Lipinski definition) is 3. The normalized spacial score (nSPS) is 13.4. The molecule has 0 fully saturated rings. The average molecular weight is 245 g/mol. The van der Waals surface area contributed by atoms with Gasteiger partial charge in [-0.2, -0.15) is 5.26 Å². The van der Waals surface area contributed by atoms with Crippen molar-refractivity contribution in [1.29, 1.82) is 5.26 Å². The van der Waals surface area contributed by atoms with Gasteiger partial charge in [0.25, 0.3) is 0 Å². The van der Waals surface area contributed by atoms with Crippen LogP contribution >= 0.6 is 0 Å². The lowest BCUT2D eigenvalue weighted by Crippen LogP contribution is -2.31. The number of carbonyl (C=O) groups is 1. The Morgan fingerprint density at radius 3 is 2.94 bits per heavy atom. The Morgan fingerprint density at radius 2 is 2.39 bits per heavy atom. The third-order valence-corrected chi connectivity index (χ3v) is 2.92. The first-order chi connectivity index (χ1) is 8.67. The minimum atomic E-state index is -0.263. The Kier molecular flexibility index (Phi) is 5.86. The molecular weight excluding hydrogens is 226 g/mol. The predicted molar refractivity (Wildman–Crippen MR) is 69.7 cm³/mol. The van der Waals surface area contributed by atoms with Gasteiger partial charge in [0.15, 0.2) is 0 Å². The Balaban J connectivity index is 2.46. The summed E-state index contributed by atoms with van der Waals surface area (Å²) in [5, 5.41) is 12.0. The van der Waals surface area contributed by atoms with Gasteiger partial charge in [-0.1, -0.05) is 13.0 Å². The van der Waals surface area contributed by atoms with E-state index in [1.165, 1.54) is 0 Å². The quantitative estimate of drug-likeness (QED) is 0.836. The molecule has 1 heterocycles. The second kappa shape index (κ2) is 7.44. The summed E-state index contributed by atoms with van der Waals surface area (Å²) in [5.74, 6) is -0.255. The average Bonchev–Trinajstić information content (AvgIpc) is 2.40. The molecule has 2 atom stereocenters. The molecule has 1 amide bonds. The third kappa shape index (κ3) is 4.54. The molecule has 0 saturated carbocycles. The minimum Gasteiger partial charge on any atom is -0.354 e. The molecule has 96 valence electrons. The second-order valence-electron chi connectivity index (χ2n) is 4.38. The molecule has 4 heteroatoms. The number of carbonyl (C=O) groups excluding carboxylic acids is 1. The fraction of sp³-hybridized carbons (Fsp3) is 0.500. The lowest BCUT2D eigenvalue weighted by atomic mass is 9.97. The van der Waals surface area contributed by atoms with E-state index in [0.29, 0.717) is 12.8 Å². The topological polar surface area (TPSA) is 65.8 Å². The van der Waals surface area contributed by atoms with Crippen LogP contribution in [0.1, 0.15) is 44.6 Å². The van der Waals surface area contributed by atoms with Crippen LogP contribution in [-0.4, -0.2) is 16.9 Å². The van der Waals surface area contributed by atoms with Gasteiger partial charge in [-0.05, 0) is 31.4 Å². The highest BCUT2D eigenvalue weighted by Crippen LogP contribution is 2.19. The highest BCUT2D eigenvalue weighted by Gasteiger charge is 2.13. The van der Waals surface area contributed by atoms with Crippen LogP contribution in [0.4, 0.5) is 0 Å². The maximum atomic E-state index is 11.6. The van der Waals surface area contributed by atoms with Gasteiger partial charge < -0.3 is 5.32 Å². The van der Waals surface area contributed by atoms with Gasteiger partial charge in [-0.3, -0.25) is 9.78 Å². The molecule has 0 bridgehead atoms. The second-order valence-corrected chi connectivity index (χ2v) is 4.38. The number of pyridine rings is 1. The predicted octanol–water partition coefficient (Wildman–Crippen LogP) is 2.38. The molecule has 2 unspecified atom stereocenters. The first-order valence-corrected chi connectivity index (χ1v) is 6.26. The Labute approximate surface area is 108 Å². The number of amides is 1. The summed E-state index contributed by atoms with van der Waals surface area (Å²) in [6.45, 7) is 4.00. The SMILES string of the molecule is CCC(C)NC(=O)CCC(C#N)c1cccnc1. The highest BCUT2D eigenvalue weighted by molar-refractivity contribution is 5.76. The summed E-state index contributed by atoms with van der Waals surface area (Å²) in [7, 11) is 0. The first kappa shape index (κ1) is 14.2. The monoisotopic (exact) mass is 245 g/mol. The molecule has 4 nitrogen and oxygen atoms in total. The van der Waals surface area contributed by atoms with Crippen molar-refractivity contribution < 1.29 is 4.79 Å². The standard InChI is InChI=1S/C14H19N3O/c1-3-11(2)17-14(18)7-6-12(9-15)13-5-4-8-16-10-13/h4-5,8,10-12H,3,6-7H2,1-2H3,(H,17,18). The van der Waals surface area contributed by atoms with Gasteiger partial charge in [0.2, 0.25) is 5.91 Å². The van der Waals surface area contributed by atoms with Crippen LogP contribution in [0.5, 0.6) is 0 Å². The van der Waals surface area contributed by atoms with E-state index in [0.717, 1.165) is 12.0 Å². The van der Waals surface area contributed by atoms with Crippen LogP contribution in [-0.2, 0) is 4.79 Å². The fourth-order valence-corrected chi connectivity index (χ4v) is 1.61.